The van der Waals surface area contributed by atoms with Gasteiger partial charge in [-0.1, -0.05) is 19.9 Å². The van der Waals surface area contributed by atoms with Crippen molar-refractivity contribution in [2.24, 2.45) is 5.92 Å². The van der Waals surface area contributed by atoms with Crippen LogP contribution in [-0.4, -0.2) is 24.3 Å². The molecule has 1 unspecified atom stereocenters. The first kappa shape index (κ1) is 12.7. The minimum absolute atomic E-state index is 0.391. The summed E-state index contributed by atoms with van der Waals surface area (Å²) in [6.45, 7) is 4.89. The predicted octanol–water partition coefficient (Wildman–Crippen LogP) is 2.28. The van der Waals surface area contributed by atoms with Crippen LogP contribution >= 0.6 is 0 Å². The van der Waals surface area contributed by atoms with E-state index in [9.17, 15) is 4.79 Å². The van der Waals surface area contributed by atoms with Crippen molar-refractivity contribution in [2.45, 2.75) is 26.7 Å². The van der Waals surface area contributed by atoms with Gasteiger partial charge in [-0.25, -0.2) is 0 Å². The molecule has 1 aromatic carbocycles. The minimum atomic E-state index is -0.771. The highest BCUT2D eigenvalue weighted by Gasteiger charge is 2.20. The SMILES string of the molecule is CCc1c(CC(C)C(=O)O)ccc2c1OCCO2. The molecule has 0 spiro atoms. The van der Waals surface area contributed by atoms with Crippen molar-refractivity contribution in [3.63, 3.8) is 0 Å². The fraction of sp³-hybridized carbons (Fsp3) is 0.500. The van der Waals surface area contributed by atoms with Gasteiger partial charge in [0.15, 0.2) is 11.5 Å². The van der Waals surface area contributed by atoms with E-state index >= 15 is 0 Å². The second-order valence-corrected chi connectivity index (χ2v) is 4.52. The highest BCUT2D eigenvalue weighted by molar-refractivity contribution is 5.70. The molecule has 1 atom stereocenters. The van der Waals surface area contributed by atoms with Crippen LogP contribution in [0.2, 0.25) is 0 Å². The van der Waals surface area contributed by atoms with Crippen LogP contribution in [0.25, 0.3) is 0 Å². The Bertz CT molecular complexity index is 453. The van der Waals surface area contributed by atoms with Crippen LogP contribution in [0.4, 0.5) is 0 Å². The molecule has 0 saturated carbocycles. The zero-order chi connectivity index (χ0) is 13.1. The maximum Gasteiger partial charge on any atom is 0.306 e. The summed E-state index contributed by atoms with van der Waals surface area (Å²) in [4.78, 5) is 10.9. The first-order valence-electron chi connectivity index (χ1n) is 6.26. The van der Waals surface area contributed by atoms with Gasteiger partial charge in [0.1, 0.15) is 13.2 Å². The van der Waals surface area contributed by atoms with E-state index < -0.39 is 11.9 Å². The normalized spacial score (nSPS) is 15.2. The summed E-state index contributed by atoms with van der Waals surface area (Å²) < 4.78 is 11.2. The number of rotatable bonds is 4. The molecule has 18 heavy (non-hydrogen) atoms. The molecule has 2 rings (SSSR count). The van der Waals surface area contributed by atoms with Crippen molar-refractivity contribution in [1.29, 1.82) is 0 Å². The summed E-state index contributed by atoms with van der Waals surface area (Å²) in [5.41, 5.74) is 2.11. The molecule has 0 radical (unpaired) electrons. The highest BCUT2D eigenvalue weighted by Crippen LogP contribution is 2.37. The van der Waals surface area contributed by atoms with Crippen molar-refractivity contribution in [3.8, 4) is 11.5 Å². The van der Waals surface area contributed by atoms with E-state index in [-0.39, 0.29) is 0 Å². The van der Waals surface area contributed by atoms with Gasteiger partial charge in [0.2, 0.25) is 0 Å². The van der Waals surface area contributed by atoms with Crippen molar-refractivity contribution < 1.29 is 19.4 Å². The molecule has 1 aliphatic heterocycles. The fourth-order valence-corrected chi connectivity index (χ4v) is 2.21. The molecule has 1 aromatic rings. The van der Waals surface area contributed by atoms with E-state index in [1.165, 1.54) is 0 Å². The Morgan fingerprint density at radius 3 is 2.78 bits per heavy atom. The van der Waals surface area contributed by atoms with Gasteiger partial charge >= 0.3 is 5.97 Å². The molecule has 4 nitrogen and oxygen atoms in total. The molecular formula is C14H18O4. The number of fused-ring (bicyclic) bond motifs is 1. The monoisotopic (exact) mass is 250 g/mol. The van der Waals surface area contributed by atoms with Gasteiger partial charge in [-0.3, -0.25) is 4.79 Å². The number of ether oxygens (including phenoxy) is 2. The van der Waals surface area contributed by atoms with E-state index in [2.05, 4.69) is 0 Å². The zero-order valence-electron chi connectivity index (χ0n) is 10.7. The second-order valence-electron chi connectivity index (χ2n) is 4.52. The van der Waals surface area contributed by atoms with Crippen LogP contribution in [0.1, 0.15) is 25.0 Å². The molecule has 1 heterocycles. The Kier molecular flexibility index (Phi) is 3.75. The van der Waals surface area contributed by atoms with Gasteiger partial charge in [-0.05, 0) is 24.5 Å². The quantitative estimate of drug-likeness (QED) is 0.890. The summed E-state index contributed by atoms with van der Waals surface area (Å²) in [6, 6.07) is 3.82. The summed E-state index contributed by atoms with van der Waals surface area (Å²) in [6.07, 6.45) is 1.34. The van der Waals surface area contributed by atoms with Crippen LogP contribution in [0.5, 0.6) is 11.5 Å². The molecule has 98 valence electrons. The number of hydrogen-bond acceptors (Lipinski definition) is 3. The Morgan fingerprint density at radius 1 is 1.39 bits per heavy atom. The van der Waals surface area contributed by atoms with Gasteiger partial charge in [0.05, 0.1) is 5.92 Å². The van der Waals surface area contributed by atoms with Crippen LogP contribution in [0.15, 0.2) is 12.1 Å². The maximum absolute atomic E-state index is 10.9. The Balaban J connectivity index is 2.33. The first-order chi connectivity index (χ1) is 8.63. The van der Waals surface area contributed by atoms with Crippen LogP contribution < -0.4 is 9.47 Å². The van der Waals surface area contributed by atoms with Crippen molar-refractivity contribution >= 4 is 5.97 Å². The smallest absolute Gasteiger partial charge is 0.306 e. The first-order valence-corrected chi connectivity index (χ1v) is 6.26. The second kappa shape index (κ2) is 5.29. The van der Waals surface area contributed by atoms with Gasteiger partial charge < -0.3 is 14.6 Å². The van der Waals surface area contributed by atoms with Crippen molar-refractivity contribution in [3.05, 3.63) is 23.3 Å². The molecule has 0 aliphatic carbocycles. The Morgan fingerprint density at radius 2 is 2.11 bits per heavy atom. The summed E-state index contributed by atoms with van der Waals surface area (Å²) >= 11 is 0. The molecule has 0 aromatic heterocycles. The average molecular weight is 250 g/mol. The lowest BCUT2D eigenvalue weighted by molar-refractivity contribution is -0.141. The van der Waals surface area contributed by atoms with Gasteiger partial charge in [0.25, 0.3) is 0 Å². The number of aliphatic carboxylic acids is 1. The Hall–Kier alpha value is -1.71. The number of carboxylic acid groups (broad SMARTS) is 1. The van der Waals surface area contributed by atoms with Gasteiger partial charge in [-0.2, -0.15) is 0 Å². The molecule has 1 aliphatic rings. The van der Waals surface area contributed by atoms with Crippen molar-refractivity contribution in [1.82, 2.24) is 0 Å². The molecular weight excluding hydrogens is 232 g/mol. The number of benzene rings is 1. The molecule has 0 amide bonds. The topological polar surface area (TPSA) is 55.8 Å². The molecule has 0 saturated heterocycles. The van der Waals surface area contributed by atoms with E-state index in [0.717, 1.165) is 29.0 Å². The van der Waals surface area contributed by atoms with Crippen LogP contribution in [0.3, 0.4) is 0 Å². The summed E-state index contributed by atoms with van der Waals surface area (Å²) in [5, 5.41) is 8.99. The van der Waals surface area contributed by atoms with E-state index in [4.69, 9.17) is 14.6 Å². The lowest BCUT2D eigenvalue weighted by Gasteiger charge is -2.23. The van der Waals surface area contributed by atoms with Gasteiger partial charge in [-0.15, -0.1) is 0 Å². The molecule has 0 fully saturated rings. The van der Waals surface area contributed by atoms with E-state index in [1.807, 2.05) is 19.1 Å². The number of carbonyl (C=O) groups is 1. The van der Waals surface area contributed by atoms with E-state index in [0.29, 0.717) is 19.6 Å². The average Bonchev–Trinajstić information content (AvgIpc) is 2.38. The zero-order valence-corrected chi connectivity index (χ0v) is 10.7. The highest BCUT2D eigenvalue weighted by atomic mass is 16.6. The maximum atomic E-state index is 10.9. The number of hydrogen-bond donors (Lipinski definition) is 1. The van der Waals surface area contributed by atoms with Crippen LogP contribution in [0, 0.1) is 5.92 Å². The lowest BCUT2D eigenvalue weighted by atomic mass is 9.94. The predicted molar refractivity (Wildman–Crippen MR) is 67.3 cm³/mol. The van der Waals surface area contributed by atoms with E-state index in [1.54, 1.807) is 6.92 Å². The Labute approximate surface area is 107 Å². The molecule has 0 bridgehead atoms. The third-order valence-corrected chi connectivity index (χ3v) is 3.21. The van der Waals surface area contributed by atoms with Crippen LogP contribution in [-0.2, 0) is 17.6 Å². The summed E-state index contributed by atoms with van der Waals surface area (Å²) in [7, 11) is 0. The minimum Gasteiger partial charge on any atom is -0.486 e. The third-order valence-electron chi connectivity index (χ3n) is 3.21. The summed E-state index contributed by atoms with van der Waals surface area (Å²) in [5.74, 6) is 0.397. The molecule has 4 heteroatoms. The number of carboxylic acids is 1. The lowest BCUT2D eigenvalue weighted by Crippen LogP contribution is -2.18. The standard InChI is InChI=1S/C14H18O4/c1-3-11-10(8-9(2)14(15)16)4-5-12-13(11)18-7-6-17-12/h4-5,9H,3,6-8H2,1-2H3,(H,15,16). The molecule has 1 N–H and O–H groups in total. The fourth-order valence-electron chi connectivity index (χ4n) is 2.21. The van der Waals surface area contributed by atoms with Crippen molar-refractivity contribution in [2.75, 3.05) is 13.2 Å². The third kappa shape index (κ3) is 2.42. The van der Waals surface area contributed by atoms with Gasteiger partial charge in [0, 0.05) is 5.56 Å². The largest absolute Gasteiger partial charge is 0.486 e.